The fourth-order valence-electron chi connectivity index (χ4n) is 2.62. The number of benzene rings is 1. The predicted molar refractivity (Wildman–Crippen MR) is 85.2 cm³/mol. The van der Waals surface area contributed by atoms with Crippen molar-refractivity contribution in [2.24, 2.45) is 0 Å². The van der Waals surface area contributed by atoms with Gasteiger partial charge in [-0.15, -0.1) is 0 Å². The van der Waals surface area contributed by atoms with Crippen molar-refractivity contribution >= 4 is 15.9 Å². The molecule has 0 radical (unpaired) electrons. The van der Waals surface area contributed by atoms with E-state index in [1.807, 2.05) is 0 Å². The van der Waals surface area contributed by atoms with E-state index in [-0.39, 0.29) is 0 Å². The Hall–Kier alpha value is -0.580. The van der Waals surface area contributed by atoms with Gasteiger partial charge in [-0.1, -0.05) is 15.9 Å². The third kappa shape index (κ3) is 4.21. The van der Waals surface area contributed by atoms with E-state index in [1.54, 1.807) is 0 Å². The molecule has 1 aliphatic carbocycles. The maximum Gasteiger partial charge on any atom is 0.119 e. The molecule has 1 N–H and O–H groups in total. The number of nitrogens with one attached hydrogen (secondary N) is 1. The smallest absolute Gasteiger partial charge is 0.119 e. The lowest BCUT2D eigenvalue weighted by Gasteiger charge is -2.15. The zero-order valence-electron chi connectivity index (χ0n) is 11.9. The van der Waals surface area contributed by atoms with Crippen LogP contribution >= 0.6 is 15.9 Å². The molecule has 3 nitrogen and oxygen atoms in total. The monoisotopic (exact) mass is 338 g/mol. The van der Waals surface area contributed by atoms with Gasteiger partial charge in [0, 0.05) is 23.6 Å². The minimum Gasteiger partial charge on any atom is -0.492 e. The van der Waals surface area contributed by atoms with Crippen LogP contribution in [0, 0.1) is 0 Å². The Kier molecular flexibility index (Phi) is 4.97. The van der Waals surface area contributed by atoms with Gasteiger partial charge in [-0.25, -0.2) is 0 Å². The van der Waals surface area contributed by atoms with Gasteiger partial charge in [0.25, 0.3) is 0 Å². The van der Waals surface area contributed by atoms with E-state index in [1.165, 1.54) is 44.3 Å². The summed E-state index contributed by atoms with van der Waals surface area (Å²) in [7, 11) is 0. The fraction of sp³-hybridized carbons (Fsp3) is 0.625. The molecule has 1 saturated carbocycles. The molecule has 1 aromatic rings. The van der Waals surface area contributed by atoms with Crippen LogP contribution in [0.3, 0.4) is 0 Å². The molecule has 1 saturated heterocycles. The Morgan fingerprint density at radius 2 is 2.05 bits per heavy atom. The summed E-state index contributed by atoms with van der Waals surface area (Å²) in [6, 6.07) is 7.04. The molecule has 0 spiro atoms. The molecule has 0 aromatic heterocycles. The third-order valence-corrected chi connectivity index (χ3v) is 4.82. The molecule has 0 amide bonds. The van der Waals surface area contributed by atoms with Crippen LogP contribution in [0.2, 0.25) is 0 Å². The summed E-state index contributed by atoms with van der Waals surface area (Å²) < 4.78 is 7.06. The number of likely N-dealkylation sites (tertiary alicyclic amines) is 1. The molecule has 0 atom stereocenters. The van der Waals surface area contributed by atoms with Crippen molar-refractivity contribution in [1.29, 1.82) is 0 Å². The minimum absolute atomic E-state index is 0.738. The Morgan fingerprint density at radius 3 is 2.80 bits per heavy atom. The van der Waals surface area contributed by atoms with E-state index in [2.05, 4.69) is 44.3 Å². The third-order valence-electron chi connectivity index (χ3n) is 4.05. The molecular weight excluding hydrogens is 316 g/mol. The summed E-state index contributed by atoms with van der Waals surface area (Å²) in [5.74, 6) is 0.986. The van der Waals surface area contributed by atoms with Gasteiger partial charge < -0.3 is 10.1 Å². The van der Waals surface area contributed by atoms with Gasteiger partial charge in [0.1, 0.15) is 12.4 Å². The quantitative estimate of drug-likeness (QED) is 0.826. The SMILES string of the molecule is Brc1ccc(OCCN2CCCC2)cc1CNC1CC1. The molecule has 20 heavy (non-hydrogen) atoms. The van der Waals surface area contributed by atoms with Gasteiger partial charge in [-0.3, -0.25) is 4.90 Å². The molecule has 110 valence electrons. The second-order valence-electron chi connectivity index (χ2n) is 5.81. The van der Waals surface area contributed by atoms with E-state index >= 15 is 0 Å². The van der Waals surface area contributed by atoms with Gasteiger partial charge >= 0.3 is 0 Å². The number of rotatable bonds is 7. The van der Waals surface area contributed by atoms with Crippen molar-refractivity contribution in [3.05, 3.63) is 28.2 Å². The lowest BCUT2D eigenvalue weighted by Crippen LogP contribution is -2.25. The van der Waals surface area contributed by atoms with Gasteiger partial charge in [0.15, 0.2) is 0 Å². The summed E-state index contributed by atoms with van der Waals surface area (Å²) in [5, 5.41) is 3.55. The zero-order valence-corrected chi connectivity index (χ0v) is 13.5. The van der Waals surface area contributed by atoms with Crippen molar-refractivity contribution in [1.82, 2.24) is 10.2 Å². The van der Waals surface area contributed by atoms with Gasteiger partial charge in [-0.05, 0) is 62.5 Å². The fourth-order valence-corrected chi connectivity index (χ4v) is 3.00. The Balaban J connectivity index is 1.48. The lowest BCUT2D eigenvalue weighted by molar-refractivity contribution is 0.237. The second kappa shape index (κ2) is 6.92. The Bertz CT molecular complexity index is 442. The van der Waals surface area contributed by atoms with E-state index in [4.69, 9.17) is 4.74 Å². The Labute approximate surface area is 129 Å². The summed E-state index contributed by atoms with van der Waals surface area (Å²) in [4.78, 5) is 2.48. The van der Waals surface area contributed by atoms with Crippen LogP contribution in [0.1, 0.15) is 31.2 Å². The van der Waals surface area contributed by atoms with Crippen LogP contribution in [0.5, 0.6) is 5.75 Å². The molecule has 0 unspecified atom stereocenters. The predicted octanol–water partition coefficient (Wildman–Crippen LogP) is 3.18. The maximum absolute atomic E-state index is 5.90. The molecule has 1 aromatic carbocycles. The van der Waals surface area contributed by atoms with E-state index < -0.39 is 0 Å². The normalized spacial score (nSPS) is 19.4. The first-order valence-electron chi connectivity index (χ1n) is 7.68. The average Bonchev–Trinajstić information content (AvgIpc) is 3.14. The number of hydrogen-bond acceptors (Lipinski definition) is 3. The molecule has 0 bridgehead atoms. The van der Waals surface area contributed by atoms with Crippen molar-refractivity contribution in [2.75, 3.05) is 26.2 Å². The number of halogens is 1. The first-order chi connectivity index (χ1) is 9.81. The molecule has 1 aliphatic heterocycles. The van der Waals surface area contributed by atoms with Crippen molar-refractivity contribution in [3.8, 4) is 5.75 Å². The average molecular weight is 339 g/mol. The molecule has 2 aliphatic rings. The number of ether oxygens (including phenoxy) is 1. The zero-order chi connectivity index (χ0) is 13.8. The largest absolute Gasteiger partial charge is 0.492 e. The van der Waals surface area contributed by atoms with E-state index in [9.17, 15) is 0 Å². The van der Waals surface area contributed by atoms with Crippen LogP contribution in [-0.4, -0.2) is 37.2 Å². The summed E-state index contributed by atoms with van der Waals surface area (Å²) in [6.45, 7) is 5.23. The highest BCUT2D eigenvalue weighted by Crippen LogP contribution is 2.25. The second-order valence-corrected chi connectivity index (χ2v) is 6.66. The Morgan fingerprint density at radius 1 is 1.25 bits per heavy atom. The molecule has 2 fully saturated rings. The van der Waals surface area contributed by atoms with Crippen molar-refractivity contribution < 1.29 is 4.74 Å². The lowest BCUT2D eigenvalue weighted by atomic mass is 10.2. The maximum atomic E-state index is 5.90. The summed E-state index contributed by atoms with van der Waals surface area (Å²) >= 11 is 3.62. The van der Waals surface area contributed by atoms with Crippen LogP contribution in [0.4, 0.5) is 0 Å². The highest BCUT2D eigenvalue weighted by Gasteiger charge is 2.20. The van der Waals surface area contributed by atoms with Crippen LogP contribution < -0.4 is 10.1 Å². The van der Waals surface area contributed by atoms with Crippen LogP contribution in [0.25, 0.3) is 0 Å². The molecular formula is C16H23BrN2O. The van der Waals surface area contributed by atoms with Crippen molar-refractivity contribution in [2.45, 2.75) is 38.3 Å². The minimum atomic E-state index is 0.738. The van der Waals surface area contributed by atoms with Gasteiger partial charge in [0.2, 0.25) is 0 Å². The highest BCUT2D eigenvalue weighted by molar-refractivity contribution is 9.10. The van der Waals surface area contributed by atoms with Crippen molar-refractivity contribution in [3.63, 3.8) is 0 Å². The first kappa shape index (κ1) is 14.4. The summed E-state index contributed by atoms with van der Waals surface area (Å²) in [5.41, 5.74) is 1.29. The summed E-state index contributed by atoms with van der Waals surface area (Å²) in [6.07, 6.45) is 5.33. The molecule has 1 heterocycles. The topological polar surface area (TPSA) is 24.5 Å². The first-order valence-corrected chi connectivity index (χ1v) is 8.47. The van der Waals surface area contributed by atoms with E-state index in [0.29, 0.717) is 0 Å². The van der Waals surface area contributed by atoms with Gasteiger partial charge in [0.05, 0.1) is 0 Å². The number of nitrogens with zero attached hydrogens (tertiary/aromatic N) is 1. The van der Waals surface area contributed by atoms with Crippen LogP contribution in [0.15, 0.2) is 22.7 Å². The van der Waals surface area contributed by atoms with Gasteiger partial charge in [-0.2, -0.15) is 0 Å². The molecule has 3 rings (SSSR count). The number of hydrogen-bond donors (Lipinski definition) is 1. The highest BCUT2D eigenvalue weighted by atomic mass is 79.9. The molecule has 4 heteroatoms. The van der Waals surface area contributed by atoms with Crippen LogP contribution in [-0.2, 0) is 6.54 Å². The standard InChI is InChI=1S/C16H23BrN2O/c17-16-6-5-15(11-13(16)12-18-14-3-4-14)20-10-9-19-7-1-2-8-19/h5-6,11,14,18H,1-4,7-10,12H2. The van der Waals surface area contributed by atoms with E-state index in [0.717, 1.165) is 36.0 Å².